The smallest absolute Gasteiger partial charge is 0.263 e. The summed E-state index contributed by atoms with van der Waals surface area (Å²) in [6, 6.07) is 7.54. The van der Waals surface area contributed by atoms with Gasteiger partial charge >= 0.3 is 0 Å². The molecule has 96 valence electrons. The van der Waals surface area contributed by atoms with Crippen LogP contribution >= 0.6 is 11.8 Å². The van der Waals surface area contributed by atoms with E-state index in [-0.39, 0.29) is 0 Å². The van der Waals surface area contributed by atoms with Crippen LogP contribution in [-0.4, -0.2) is 22.1 Å². The molecule has 1 aromatic carbocycles. The average Bonchev–Trinajstić information content (AvgIpc) is 2.83. The van der Waals surface area contributed by atoms with Crippen LogP contribution in [0.1, 0.15) is 0 Å². The van der Waals surface area contributed by atoms with E-state index in [4.69, 9.17) is 14.9 Å². The number of aromatic nitrogens is 3. The van der Waals surface area contributed by atoms with Gasteiger partial charge in [0.15, 0.2) is 5.58 Å². The van der Waals surface area contributed by atoms with Gasteiger partial charge in [-0.2, -0.15) is 4.98 Å². The third kappa shape index (κ3) is 2.19. The second-order valence-electron chi connectivity index (χ2n) is 3.65. The lowest BCUT2D eigenvalue weighted by Crippen LogP contribution is -1.99. The Kier molecular flexibility index (Phi) is 2.96. The summed E-state index contributed by atoms with van der Waals surface area (Å²) in [5, 5.41) is 1.03. The summed E-state index contributed by atoms with van der Waals surface area (Å²) in [5.41, 5.74) is 7.79. The van der Waals surface area contributed by atoms with E-state index in [1.807, 2.05) is 24.3 Å². The summed E-state index contributed by atoms with van der Waals surface area (Å²) in [6.07, 6.45) is 1.39. The van der Waals surface area contributed by atoms with Gasteiger partial charge in [0, 0.05) is 0 Å². The first-order valence-electron chi connectivity index (χ1n) is 5.46. The number of benzene rings is 1. The number of para-hydroxylation sites is 2. The van der Waals surface area contributed by atoms with Crippen LogP contribution in [0.3, 0.4) is 0 Å². The molecule has 0 bridgehead atoms. The highest BCUT2D eigenvalue weighted by Crippen LogP contribution is 2.34. The standard InChI is InChI=1S/C12H10N4O2S/c1-17-10-9(13)11(15-6-14-10)19-12-16-7-4-2-3-5-8(7)18-12/h2-6H,13H2,1H3. The van der Waals surface area contributed by atoms with Crippen molar-refractivity contribution in [3.8, 4) is 5.88 Å². The third-order valence-corrected chi connectivity index (χ3v) is 3.33. The van der Waals surface area contributed by atoms with Crippen LogP contribution in [0.4, 0.5) is 5.69 Å². The Bertz CT molecular complexity index is 696. The summed E-state index contributed by atoms with van der Waals surface area (Å²) in [5.74, 6) is 0.341. The predicted octanol–water partition coefficient (Wildman–Crippen LogP) is 2.36. The Morgan fingerprint density at radius 3 is 2.89 bits per heavy atom. The van der Waals surface area contributed by atoms with Crippen LogP contribution in [0.25, 0.3) is 11.1 Å². The zero-order chi connectivity index (χ0) is 13.2. The molecule has 2 heterocycles. The van der Waals surface area contributed by atoms with Gasteiger partial charge in [0.2, 0.25) is 5.88 Å². The molecule has 2 N–H and O–H groups in total. The highest BCUT2D eigenvalue weighted by Gasteiger charge is 2.13. The zero-order valence-electron chi connectivity index (χ0n) is 10.0. The lowest BCUT2D eigenvalue weighted by molar-refractivity contribution is 0.397. The largest absolute Gasteiger partial charge is 0.479 e. The highest BCUT2D eigenvalue weighted by molar-refractivity contribution is 7.99. The van der Waals surface area contributed by atoms with Crippen molar-refractivity contribution in [1.82, 2.24) is 15.0 Å². The van der Waals surface area contributed by atoms with Crippen molar-refractivity contribution in [1.29, 1.82) is 0 Å². The number of nitrogen functional groups attached to an aromatic ring is 1. The van der Waals surface area contributed by atoms with Crippen molar-refractivity contribution in [3.05, 3.63) is 30.6 Å². The van der Waals surface area contributed by atoms with Crippen molar-refractivity contribution in [3.63, 3.8) is 0 Å². The number of hydrogen-bond donors (Lipinski definition) is 1. The molecule has 2 aromatic heterocycles. The minimum atomic E-state index is 0.341. The summed E-state index contributed by atoms with van der Waals surface area (Å²) >= 11 is 1.24. The van der Waals surface area contributed by atoms with Crippen molar-refractivity contribution in [2.75, 3.05) is 12.8 Å². The van der Waals surface area contributed by atoms with Gasteiger partial charge in [0.25, 0.3) is 5.22 Å². The van der Waals surface area contributed by atoms with E-state index in [9.17, 15) is 0 Å². The van der Waals surface area contributed by atoms with Crippen LogP contribution in [-0.2, 0) is 0 Å². The topological polar surface area (TPSA) is 87.1 Å². The van der Waals surface area contributed by atoms with E-state index in [1.165, 1.54) is 25.2 Å². The SMILES string of the molecule is COc1ncnc(Sc2nc3ccccc3o2)c1N. The maximum Gasteiger partial charge on any atom is 0.263 e. The Morgan fingerprint density at radius 1 is 1.26 bits per heavy atom. The van der Waals surface area contributed by atoms with Gasteiger partial charge in [0.05, 0.1) is 7.11 Å². The summed E-state index contributed by atoms with van der Waals surface area (Å²) < 4.78 is 10.6. The molecule has 19 heavy (non-hydrogen) atoms. The van der Waals surface area contributed by atoms with Gasteiger partial charge in [-0.1, -0.05) is 12.1 Å². The predicted molar refractivity (Wildman–Crippen MR) is 71.1 cm³/mol. The molecule has 0 spiro atoms. The van der Waals surface area contributed by atoms with Gasteiger partial charge in [-0.25, -0.2) is 9.97 Å². The van der Waals surface area contributed by atoms with Gasteiger partial charge in [-0.15, -0.1) is 0 Å². The van der Waals surface area contributed by atoms with E-state index in [0.29, 0.717) is 21.8 Å². The third-order valence-electron chi connectivity index (χ3n) is 2.46. The average molecular weight is 274 g/mol. The van der Waals surface area contributed by atoms with E-state index >= 15 is 0 Å². The molecule has 0 radical (unpaired) electrons. The second-order valence-corrected chi connectivity index (χ2v) is 4.59. The molecule has 0 saturated carbocycles. The van der Waals surface area contributed by atoms with Crippen molar-refractivity contribution in [2.45, 2.75) is 10.2 Å². The minimum Gasteiger partial charge on any atom is -0.479 e. The lowest BCUT2D eigenvalue weighted by Gasteiger charge is -2.04. The number of hydrogen-bond acceptors (Lipinski definition) is 7. The summed E-state index contributed by atoms with van der Waals surface area (Å²) in [7, 11) is 1.51. The Balaban J connectivity index is 1.96. The molecule has 0 unspecified atom stereocenters. The van der Waals surface area contributed by atoms with Crippen LogP contribution < -0.4 is 10.5 Å². The number of oxazole rings is 1. The monoisotopic (exact) mass is 274 g/mol. The van der Waals surface area contributed by atoms with E-state index in [2.05, 4.69) is 15.0 Å². The van der Waals surface area contributed by atoms with Crippen LogP contribution in [0, 0.1) is 0 Å². The number of rotatable bonds is 3. The quantitative estimate of drug-likeness (QED) is 0.733. The summed E-state index contributed by atoms with van der Waals surface area (Å²) in [4.78, 5) is 12.4. The highest BCUT2D eigenvalue weighted by atomic mass is 32.2. The fourth-order valence-corrected chi connectivity index (χ4v) is 2.32. The van der Waals surface area contributed by atoms with Crippen molar-refractivity contribution in [2.24, 2.45) is 0 Å². The lowest BCUT2D eigenvalue weighted by atomic mass is 10.3. The van der Waals surface area contributed by atoms with E-state index < -0.39 is 0 Å². The number of fused-ring (bicyclic) bond motifs is 1. The Labute approximate surface area is 113 Å². The van der Waals surface area contributed by atoms with E-state index in [1.54, 1.807) is 0 Å². The maximum atomic E-state index is 5.90. The first-order valence-corrected chi connectivity index (χ1v) is 6.27. The molecule has 0 amide bonds. The van der Waals surface area contributed by atoms with E-state index in [0.717, 1.165) is 11.1 Å². The van der Waals surface area contributed by atoms with Crippen LogP contribution in [0.2, 0.25) is 0 Å². The molecule has 0 aliphatic carbocycles. The second kappa shape index (κ2) is 4.77. The number of ether oxygens (including phenoxy) is 1. The van der Waals surface area contributed by atoms with Gasteiger partial charge in [-0.05, 0) is 23.9 Å². The molecule has 3 aromatic rings. The molecule has 0 atom stereocenters. The fraction of sp³-hybridized carbons (Fsp3) is 0.0833. The first kappa shape index (κ1) is 11.8. The number of nitrogens with two attached hydrogens (primary N) is 1. The van der Waals surface area contributed by atoms with Gasteiger partial charge < -0.3 is 14.9 Å². The number of nitrogens with zero attached hydrogens (tertiary/aromatic N) is 3. The molecule has 3 rings (SSSR count). The van der Waals surface area contributed by atoms with Crippen molar-refractivity contribution < 1.29 is 9.15 Å². The molecular weight excluding hydrogens is 264 g/mol. The first-order chi connectivity index (χ1) is 9.28. The molecular formula is C12H10N4O2S. The van der Waals surface area contributed by atoms with Crippen molar-refractivity contribution >= 4 is 28.5 Å². The molecule has 7 heteroatoms. The van der Waals surface area contributed by atoms with Gasteiger partial charge in [-0.3, -0.25) is 0 Å². The van der Waals surface area contributed by atoms with Crippen LogP contribution in [0.15, 0.2) is 45.3 Å². The molecule has 6 nitrogen and oxygen atoms in total. The zero-order valence-corrected chi connectivity index (χ0v) is 10.8. The van der Waals surface area contributed by atoms with Crippen LogP contribution in [0.5, 0.6) is 5.88 Å². The molecule has 0 aliphatic rings. The van der Waals surface area contributed by atoms with Gasteiger partial charge in [0.1, 0.15) is 22.6 Å². The molecule has 0 saturated heterocycles. The minimum absolute atomic E-state index is 0.341. The summed E-state index contributed by atoms with van der Waals surface area (Å²) in [6.45, 7) is 0. The number of anilines is 1. The Hall–Kier alpha value is -2.28. The normalized spacial score (nSPS) is 10.8. The fourth-order valence-electron chi connectivity index (χ4n) is 1.59. The Morgan fingerprint density at radius 2 is 2.11 bits per heavy atom. The maximum absolute atomic E-state index is 5.90. The molecule has 0 fully saturated rings. The number of methoxy groups -OCH3 is 1. The molecule has 0 aliphatic heterocycles.